The fraction of sp³-hybridized carbons (Fsp3) is 0.526. The molecular weight excluding hydrogens is 334 g/mol. The molecule has 7 heteroatoms. The summed E-state index contributed by atoms with van der Waals surface area (Å²) in [7, 11) is 0. The van der Waals surface area contributed by atoms with Gasteiger partial charge in [-0.05, 0) is 25.5 Å². The molecular formula is C19H25N3O4. The summed E-state index contributed by atoms with van der Waals surface area (Å²) < 4.78 is 5.51. The monoisotopic (exact) mass is 359 g/mol. The van der Waals surface area contributed by atoms with Crippen LogP contribution in [0.5, 0.6) is 5.75 Å². The second kappa shape index (κ2) is 7.76. The van der Waals surface area contributed by atoms with Crippen molar-refractivity contribution in [2.45, 2.75) is 20.3 Å². The third-order valence-corrected chi connectivity index (χ3v) is 4.93. The minimum Gasteiger partial charge on any atom is -0.492 e. The first-order chi connectivity index (χ1) is 12.5. The molecule has 7 nitrogen and oxygen atoms in total. The molecule has 1 heterocycles. The summed E-state index contributed by atoms with van der Waals surface area (Å²) in [6, 6.07) is 7.29. The zero-order chi connectivity index (χ0) is 18.7. The van der Waals surface area contributed by atoms with Gasteiger partial charge in [0.25, 0.3) is 0 Å². The molecule has 2 aliphatic rings. The molecule has 26 heavy (non-hydrogen) atoms. The van der Waals surface area contributed by atoms with Gasteiger partial charge in [0.2, 0.25) is 17.7 Å². The predicted octanol–water partition coefficient (Wildman–Crippen LogP) is 1.35. The first kappa shape index (κ1) is 18.2. The molecule has 1 aliphatic heterocycles. The Hall–Kier alpha value is -2.57. The van der Waals surface area contributed by atoms with E-state index in [1.165, 1.54) is 0 Å². The molecule has 1 saturated carbocycles. The van der Waals surface area contributed by atoms with Crippen LogP contribution in [0.1, 0.15) is 20.3 Å². The van der Waals surface area contributed by atoms with Gasteiger partial charge in [-0.2, -0.15) is 0 Å². The van der Waals surface area contributed by atoms with Gasteiger partial charge < -0.3 is 19.9 Å². The maximum absolute atomic E-state index is 12.6. The fourth-order valence-corrected chi connectivity index (χ4v) is 3.31. The summed E-state index contributed by atoms with van der Waals surface area (Å²) in [5.41, 5.74) is 0.632. The van der Waals surface area contributed by atoms with E-state index in [2.05, 4.69) is 5.32 Å². The van der Waals surface area contributed by atoms with E-state index in [0.29, 0.717) is 50.6 Å². The average molecular weight is 359 g/mol. The number of nitrogens with one attached hydrogen (secondary N) is 1. The smallest absolute Gasteiger partial charge is 0.228 e. The molecule has 1 saturated heterocycles. The van der Waals surface area contributed by atoms with Crippen LogP contribution in [0.4, 0.5) is 5.69 Å². The summed E-state index contributed by atoms with van der Waals surface area (Å²) in [5.74, 6) is 0.00597. The number of carbonyl (C=O) groups excluding carboxylic acids is 3. The van der Waals surface area contributed by atoms with E-state index >= 15 is 0 Å². The van der Waals surface area contributed by atoms with Crippen molar-refractivity contribution in [2.24, 2.45) is 11.8 Å². The fourth-order valence-electron chi connectivity index (χ4n) is 3.31. The molecule has 0 spiro atoms. The first-order valence-corrected chi connectivity index (χ1v) is 9.08. The lowest BCUT2D eigenvalue weighted by molar-refractivity contribution is -0.139. The molecule has 0 aromatic heterocycles. The third kappa shape index (κ3) is 3.98. The molecule has 0 radical (unpaired) electrons. The highest BCUT2D eigenvalue weighted by Crippen LogP contribution is 2.41. The summed E-state index contributed by atoms with van der Waals surface area (Å²) in [5, 5.41) is 2.88. The maximum Gasteiger partial charge on any atom is 0.228 e. The molecule has 1 N–H and O–H groups in total. The minimum atomic E-state index is -0.289. The molecule has 3 rings (SSSR count). The Kier molecular flexibility index (Phi) is 5.44. The number of nitrogens with zero attached hydrogens (tertiary/aromatic N) is 2. The van der Waals surface area contributed by atoms with Crippen LogP contribution in [0.3, 0.4) is 0 Å². The van der Waals surface area contributed by atoms with Gasteiger partial charge in [-0.1, -0.05) is 12.1 Å². The molecule has 2 unspecified atom stereocenters. The summed E-state index contributed by atoms with van der Waals surface area (Å²) in [6.07, 6.45) is 0.578. The normalized spacial score (nSPS) is 21.9. The van der Waals surface area contributed by atoms with Crippen molar-refractivity contribution in [3.63, 3.8) is 0 Å². The van der Waals surface area contributed by atoms with Crippen LogP contribution in [-0.4, -0.2) is 60.3 Å². The summed E-state index contributed by atoms with van der Waals surface area (Å²) >= 11 is 0. The second-order valence-corrected chi connectivity index (χ2v) is 6.70. The van der Waals surface area contributed by atoms with Gasteiger partial charge in [-0.15, -0.1) is 0 Å². The Morgan fingerprint density at radius 2 is 1.73 bits per heavy atom. The Labute approximate surface area is 153 Å². The minimum absolute atomic E-state index is 0.0199. The Balaban J connectivity index is 1.53. The zero-order valence-electron chi connectivity index (χ0n) is 15.2. The van der Waals surface area contributed by atoms with Gasteiger partial charge in [0, 0.05) is 33.1 Å². The second-order valence-electron chi connectivity index (χ2n) is 6.70. The van der Waals surface area contributed by atoms with E-state index in [9.17, 15) is 14.4 Å². The van der Waals surface area contributed by atoms with Crippen molar-refractivity contribution < 1.29 is 19.1 Å². The lowest BCUT2D eigenvalue weighted by Crippen LogP contribution is -2.50. The van der Waals surface area contributed by atoms with Crippen LogP contribution < -0.4 is 10.1 Å². The average Bonchev–Trinajstić information content (AvgIpc) is 3.44. The number of hydrogen-bond donors (Lipinski definition) is 1. The lowest BCUT2D eigenvalue weighted by Gasteiger charge is -2.34. The number of ether oxygens (including phenoxy) is 1. The van der Waals surface area contributed by atoms with E-state index in [1.807, 2.05) is 25.1 Å². The highest BCUT2D eigenvalue weighted by atomic mass is 16.5. The predicted molar refractivity (Wildman–Crippen MR) is 96.7 cm³/mol. The van der Waals surface area contributed by atoms with E-state index in [1.54, 1.807) is 22.8 Å². The molecule has 2 fully saturated rings. The van der Waals surface area contributed by atoms with Gasteiger partial charge >= 0.3 is 0 Å². The molecule has 2 atom stereocenters. The van der Waals surface area contributed by atoms with Crippen molar-refractivity contribution in [3.05, 3.63) is 24.3 Å². The van der Waals surface area contributed by atoms with Crippen LogP contribution in [-0.2, 0) is 14.4 Å². The van der Waals surface area contributed by atoms with Gasteiger partial charge in [-0.25, -0.2) is 0 Å². The SMILES string of the molecule is CCOc1ccccc1NC(=O)C1CC1C(=O)N1CCN(C(C)=O)CC1. The molecule has 1 aromatic rings. The summed E-state index contributed by atoms with van der Waals surface area (Å²) in [4.78, 5) is 40.0. The Bertz CT molecular complexity index is 698. The Morgan fingerprint density at radius 3 is 2.38 bits per heavy atom. The van der Waals surface area contributed by atoms with E-state index < -0.39 is 0 Å². The van der Waals surface area contributed by atoms with Crippen LogP contribution >= 0.6 is 0 Å². The zero-order valence-corrected chi connectivity index (χ0v) is 15.2. The van der Waals surface area contributed by atoms with Crippen LogP contribution in [0, 0.1) is 11.8 Å². The maximum atomic E-state index is 12.6. The topological polar surface area (TPSA) is 79.0 Å². The largest absolute Gasteiger partial charge is 0.492 e. The number of piperazine rings is 1. The molecule has 3 amide bonds. The standard InChI is InChI=1S/C19H25N3O4/c1-3-26-17-7-5-4-6-16(17)20-18(24)14-12-15(14)19(25)22-10-8-21(9-11-22)13(2)23/h4-7,14-15H,3,8-12H2,1-2H3,(H,20,24). The number of rotatable bonds is 5. The third-order valence-electron chi connectivity index (χ3n) is 4.93. The van der Waals surface area contributed by atoms with E-state index in [-0.39, 0.29) is 29.6 Å². The van der Waals surface area contributed by atoms with Gasteiger partial charge in [0.05, 0.1) is 24.1 Å². The van der Waals surface area contributed by atoms with Gasteiger partial charge in [-0.3, -0.25) is 14.4 Å². The number of anilines is 1. The van der Waals surface area contributed by atoms with Crippen molar-refractivity contribution in [1.29, 1.82) is 0 Å². The van der Waals surface area contributed by atoms with E-state index in [0.717, 1.165) is 0 Å². The van der Waals surface area contributed by atoms with Crippen molar-refractivity contribution >= 4 is 23.4 Å². The summed E-state index contributed by atoms with van der Waals surface area (Å²) in [6.45, 7) is 6.15. The molecule has 1 aliphatic carbocycles. The first-order valence-electron chi connectivity index (χ1n) is 9.08. The van der Waals surface area contributed by atoms with Crippen LogP contribution in [0.15, 0.2) is 24.3 Å². The van der Waals surface area contributed by atoms with Gasteiger partial charge in [0.1, 0.15) is 5.75 Å². The molecule has 140 valence electrons. The quantitative estimate of drug-likeness (QED) is 0.861. The highest BCUT2D eigenvalue weighted by molar-refractivity contribution is 6.00. The van der Waals surface area contributed by atoms with Crippen molar-refractivity contribution in [2.75, 3.05) is 38.1 Å². The number of hydrogen-bond acceptors (Lipinski definition) is 4. The number of para-hydroxylation sites is 2. The van der Waals surface area contributed by atoms with Crippen molar-refractivity contribution in [3.8, 4) is 5.75 Å². The van der Waals surface area contributed by atoms with Crippen LogP contribution in [0.25, 0.3) is 0 Å². The lowest BCUT2D eigenvalue weighted by atomic mass is 10.2. The number of amides is 3. The number of benzene rings is 1. The Morgan fingerprint density at radius 1 is 1.08 bits per heavy atom. The number of carbonyl (C=O) groups is 3. The molecule has 1 aromatic carbocycles. The van der Waals surface area contributed by atoms with E-state index in [4.69, 9.17) is 4.74 Å². The molecule has 0 bridgehead atoms. The van der Waals surface area contributed by atoms with Crippen LogP contribution in [0.2, 0.25) is 0 Å². The van der Waals surface area contributed by atoms with Crippen molar-refractivity contribution in [1.82, 2.24) is 9.80 Å². The van der Waals surface area contributed by atoms with Gasteiger partial charge in [0.15, 0.2) is 0 Å². The highest BCUT2D eigenvalue weighted by Gasteiger charge is 2.49.